The quantitative estimate of drug-likeness (QED) is 0.825. The number of nitrogens with one attached hydrogen (secondary N) is 2. The lowest BCUT2D eigenvalue weighted by Gasteiger charge is -2.32. The van der Waals surface area contributed by atoms with E-state index in [0.717, 1.165) is 19.4 Å². The van der Waals surface area contributed by atoms with Gasteiger partial charge in [0, 0.05) is 13.1 Å². The third-order valence-corrected chi connectivity index (χ3v) is 2.84. The van der Waals surface area contributed by atoms with Gasteiger partial charge >= 0.3 is 6.18 Å². The van der Waals surface area contributed by atoms with E-state index < -0.39 is 18.0 Å². The van der Waals surface area contributed by atoms with E-state index >= 15 is 0 Å². The van der Waals surface area contributed by atoms with E-state index in [2.05, 4.69) is 10.6 Å². The minimum Gasteiger partial charge on any atom is -0.355 e. The lowest BCUT2D eigenvalue weighted by molar-refractivity contribution is -0.138. The molecule has 0 radical (unpaired) electrons. The molecule has 1 atom stereocenters. The minimum atomic E-state index is -4.21. The van der Waals surface area contributed by atoms with Gasteiger partial charge in [-0.1, -0.05) is 0 Å². The molecule has 1 amide bonds. The third-order valence-electron chi connectivity index (χ3n) is 2.84. The fraction of sp³-hybridized carbons (Fsp3) is 0.900. The summed E-state index contributed by atoms with van der Waals surface area (Å²) in [5, 5.41) is 5.43. The molecule has 2 N–H and O–H groups in total. The van der Waals surface area contributed by atoms with E-state index in [-0.39, 0.29) is 24.9 Å². The van der Waals surface area contributed by atoms with Crippen molar-refractivity contribution in [2.45, 2.75) is 32.4 Å². The molecule has 1 heterocycles. The molecule has 102 valence electrons. The molecule has 1 unspecified atom stereocenters. The smallest absolute Gasteiger partial charge is 0.355 e. The average molecular weight is 275 g/mol. The Hall–Kier alpha value is -0.490. The van der Waals surface area contributed by atoms with Crippen LogP contribution < -0.4 is 10.6 Å². The van der Waals surface area contributed by atoms with Crippen molar-refractivity contribution in [3.63, 3.8) is 0 Å². The molecule has 1 fully saturated rings. The van der Waals surface area contributed by atoms with Crippen LogP contribution in [0.2, 0.25) is 0 Å². The van der Waals surface area contributed by atoms with Gasteiger partial charge in [-0.15, -0.1) is 12.4 Å². The lowest BCUT2D eigenvalue weighted by atomic mass is 9.82. The first-order valence-electron chi connectivity index (χ1n) is 5.39. The molecule has 0 spiro atoms. The second-order valence-electron chi connectivity index (χ2n) is 4.46. The Morgan fingerprint density at radius 2 is 2.12 bits per heavy atom. The van der Waals surface area contributed by atoms with Crippen molar-refractivity contribution in [1.82, 2.24) is 10.6 Å². The molecule has 17 heavy (non-hydrogen) atoms. The number of amides is 1. The number of alkyl halides is 3. The zero-order valence-corrected chi connectivity index (χ0v) is 10.5. The van der Waals surface area contributed by atoms with Crippen LogP contribution in [-0.2, 0) is 4.79 Å². The van der Waals surface area contributed by atoms with Gasteiger partial charge in [0.05, 0.1) is 11.8 Å². The van der Waals surface area contributed by atoms with Gasteiger partial charge in [0.2, 0.25) is 5.91 Å². The predicted octanol–water partition coefficient (Wildman–Crippen LogP) is 1.87. The van der Waals surface area contributed by atoms with Crippen LogP contribution in [-0.4, -0.2) is 31.7 Å². The van der Waals surface area contributed by atoms with Crippen LogP contribution in [0, 0.1) is 5.41 Å². The summed E-state index contributed by atoms with van der Waals surface area (Å²) < 4.78 is 35.6. The van der Waals surface area contributed by atoms with Crippen LogP contribution >= 0.6 is 12.4 Å². The molecule has 1 rings (SSSR count). The average Bonchev–Trinajstić information content (AvgIpc) is 2.16. The topological polar surface area (TPSA) is 41.1 Å². The largest absolute Gasteiger partial charge is 0.390 e. The zero-order valence-electron chi connectivity index (χ0n) is 9.69. The number of carbonyl (C=O) groups excluding carboxylic acids is 1. The normalized spacial score (nSPS) is 24.9. The minimum absolute atomic E-state index is 0. The van der Waals surface area contributed by atoms with Gasteiger partial charge in [0.1, 0.15) is 0 Å². The molecule has 0 bridgehead atoms. The standard InChI is InChI=1S/C10H17F3N2O.ClH/c1-9(3-2-5-14-7-9)8(16)15-6-4-10(11,12)13;/h14H,2-7H2,1H3,(H,15,16);1H. The highest BCUT2D eigenvalue weighted by atomic mass is 35.5. The Balaban J connectivity index is 0.00000256. The molecular weight excluding hydrogens is 257 g/mol. The first kappa shape index (κ1) is 16.5. The summed E-state index contributed by atoms with van der Waals surface area (Å²) in [6.07, 6.45) is -3.58. The SMILES string of the molecule is CC1(C(=O)NCCC(F)(F)F)CCCNC1.Cl. The van der Waals surface area contributed by atoms with E-state index in [1.807, 2.05) is 0 Å². The van der Waals surface area contributed by atoms with Gasteiger partial charge in [0.15, 0.2) is 0 Å². The molecule has 0 aromatic carbocycles. The van der Waals surface area contributed by atoms with Crippen LogP contribution in [0.4, 0.5) is 13.2 Å². The molecule has 0 saturated carbocycles. The summed E-state index contributed by atoms with van der Waals surface area (Å²) in [6.45, 7) is 2.84. The molecule has 1 saturated heterocycles. The van der Waals surface area contributed by atoms with Gasteiger partial charge in [-0.05, 0) is 26.3 Å². The van der Waals surface area contributed by atoms with Gasteiger partial charge in [-0.25, -0.2) is 0 Å². The third kappa shape index (κ3) is 5.59. The maximum Gasteiger partial charge on any atom is 0.390 e. The zero-order chi connectivity index (χ0) is 12.2. The van der Waals surface area contributed by atoms with Crippen LogP contribution in [0.15, 0.2) is 0 Å². The van der Waals surface area contributed by atoms with E-state index in [4.69, 9.17) is 0 Å². The highest BCUT2D eigenvalue weighted by molar-refractivity contribution is 5.85. The molecule has 1 aliphatic rings. The monoisotopic (exact) mass is 274 g/mol. The number of hydrogen-bond donors (Lipinski definition) is 2. The summed E-state index contributed by atoms with van der Waals surface area (Å²) in [5.41, 5.74) is -0.566. The van der Waals surface area contributed by atoms with Crippen LogP contribution in [0.5, 0.6) is 0 Å². The van der Waals surface area contributed by atoms with Gasteiger partial charge in [0.25, 0.3) is 0 Å². The fourth-order valence-electron chi connectivity index (χ4n) is 1.78. The van der Waals surface area contributed by atoms with E-state index in [1.165, 1.54) is 0 Å². The number of rotatable bonds is 3. The van der Waals surface area contributed by atoms with Crippen LogP contribution in [0.3, 0.4) is 0 Å². The maximum absolute atomic E-state index is 11.9. The molecule has 1 aliphatic heterocycles. The van der Waals surface area contributed by atoms with E-state index in [1.54, 1.807) is 6.92 Å². The Labute approximate surface area is 105 Å². The first-order chi connectivity index (χ1) is 7.33. The van der Waals surface area contributed by atoms with Gasteiger partial charge < -0.3 is 10.6 Å². The molecule has 0 aliphatic carbocycles. The van der Waals surface area contributed by atoms with Crippen molar-refractivity contribution in [3.8, 4) is 0 Å². The molecule has 7 heteroatoms. The molecule has 0 aromatic rings. The second kappa shape index (κ2) is 6.44. The number of piperidine rings is 1. The van der Waals surface area contributed by atoms with Crippen molar-refractivity contribution >= 4 is 18.3 Å². The first-order valence-corrected chi connectivity index (χ1v) is 5.39. The molecular formula is C10H18ClF3N2O. The maximum atomic E-state index is 11.9. The van der Waals surface area contributed by atoms with Crippen molar-refractivity contribution in [2.75, 3.05) is 19.6 Å². The number of halogens is 4. The number of hydrogen-bond acceptors (Lipinski definition) is 2. The summed E-state index contributed by atoms with van der Waals surface area (Å²) in [6, 6.07) is 0. The van der Waals surface area contributed by atoms with Crippen molar-refractivity contribution < 1.29 is 18.0 Å². The highest BCUT2D eigenvalue weighted by Gasteiger charge is 2.35. The second-order valence-corrected chi connectivity index (χ2v) is 4.46. The van der Waals surface area contributed by atoms with Gasteiger partial charge in [-0.2, -0.15) is 13.2 Å². The van der Waals surface area contributed by atoms with Crippen LogP contribution in [0.1, 0.15) is 26.2 Å². The number of carbonyl (C=O) groups is 1. The Bertz CT molecular complexity index is 252. The fourth-order valence-corrected chi connectivity index (χ4v) is 1.78. The van der Waals surface area contributed by atoms with E-state index in [0.29, 0.717) is 6.54 Å². The van der Waals surface area contributed by atoms with Crippen molar-refractivity contribution in [2.24, 2.45) is 5.41 Å². The molecule has 0 aromatic heterocycles. The summed E-state index contributed by atoms with van der Waals surface area (Å²) in [5.74, 6) is -0.288. The van der Waals surface area contributed by atoms with Crippen molar-refractivity contribution in [3.05, 3.63) is 0 Å². The predicted molar refractivity (Wildman–Crippen MR) is 61.1 cm³/mol. The van der Waals surface area contributed by atoms with Crippen molar-refractivity contribution in [1.29, 1.82) is 0 Å². The summed E-state index contributed by atoms with van der Waals surface area (Å²) in [7, 11) is 0. The lowest BCUT2D eigenvalue weighted by Crippen LogP contribution is -2.49. The van der Waals surface area contributed by atoms with Crippen LogP contribution in [0.25, 0.3) is 0 Å². The summed E-state index contributed by atoms with van der Waals surface area (Å²) >= 11 is 0. The van der Waals surface area contributed by atoms with Gasteiger partial charge in [-0.3, -0.25) is 4.79 Å². The Kier molecular flexibility index (Phi) is 6.26. The summed E-state index contributed by atoms with van der Waals surface area (Å²) in [4.78, 5) is 11.7. The Morgan fingerprint density at radius 3 is 2.59 bits per heavy atom. The Morgan fingerprint density at radius 1 is 1.47 bits per heavy atom. The highest BCUT2D eigenvalue weighted by Crippen LogP contribution is 2.25. The molecule has 3 nitrogen and oxygen atoms in total. The van der Waals surface area contributed by atoms with E-state index in [9.17, 15) is 18.0 Å².